The van der Waals surface area contributed by atoms with Crippen LogP contribution in [0.25, 0.3) is 0 Å². The zero-order valence-electron chi connectivity index (χ0n) is 11.9. The Hall–Kier alpha value is -1.35. The van der Waals surface area contributed by atoms with Crippen molar-refractivity contribution in [2.24, 2.45) is 5.92 Å². The van der Waals surface area contributed by atoms with Crippen molar-refractivity contribution in [2.75, 3.05) is 13.1 Å². The molecule has 1 unspecified atom stereocenters. The number of hydrogen-bond acceptors (Lipinski definition) is 2. The lowest BCUT2D eigenvalue weighted by Crippen LogP contribution is -2.42. The van der Waals surface area contributed by atoms with Gasteiger partial charge in [-0.3, -0.25) is 4.79 Å². The molecule has 2 rings (SSSR count). The molecule has 1 aromatic rings. The molecule has 1 atom stereocenters. The van der Waals surface area contributed by atoms with Crippen LogP contribution in [0.15, 0.2) is 24.3 Å². The number of amides is 1. The van der Waals surface area contributed by atoms with Crippen molar-refractivity contribution in [3.8, 4) is 0 Å². The predicted octanol–water partition coefficient (Wildman–Crippen LogP) is 2.04. The molecule has 0 spiro atoms. The zero-order chi connectivity index (χ0) is 13.7. The van der Waals surface area contributed by atoms with E-state index in [4.69, 9.17) is 0 Å². The summed E-state index contributed by atoms with van der Waals surface area (Å²) in [6, 6.07) is 8.57. The third-order valence-electron chi connectivity index (χ3n) is 3.89. The molecule has 3 heteroatoms. The first-order valence-corrected chi connectivity index (χ1v) is 7.22. The van der Waals surface area contributed by atoms with Crippen molar-refractivity contribution in [3.63, 3.8) is 0 Å². The van der Waals surface area contributed by atoms with Gasteiger partial charge >= 0.3 is 0 Å². The molecule has 1 aliphatic rings. The number of piperidine rings is 1. The summed E-state index contributed by atoms with van der Waals surface area (Å²) in [4.78, 5) is 12.1. The van der Waals surface area contributed by atoms with Gasteiger partial charge in [0, 0.05) is 12.0 Å². The number of aryl methyl sites for hydroxylation is 1. The number of carbonyl (C=O) groups excluding carboxylic acids is 1. The molecule has 0 saturated carbocycles. The van der Waals surface area contributed by atoms with Crippen LogP contribution in [-0.2, 0) is 11.2 Å². The van der Waals surface area contributed by atoms with Gasteiger partial charge in [-0.05, 0) is 57.3 Å². The van der Waals surface area contributed by atoms with Crippen LogP contribution in [0.1, 0.15) is 30.9 Å². The summed E-state index contributed by atoms with van der Waals surface area (Å²) < 4.78 is 0. The van der Waals surface area contributed by atoms with E-state index in [2.05, 4.69) is 48.7 Å². The van der Waals surface area contributed by atoms with Gasteiger partial charge in [0.25, 0.3) is 0 Å². The molecule has 1 amide bonds. The van der Waals surface area contributed by atoms with Crippen LogP contribution in [0.5, 0.6) is 0 Å². The maximum absolute atomic E-state index is 12.1. The number of hydrogen-bond donors (Lipinski definition) is 2. The Bertz CT molecular complexity index is 425. The van der Waals surface area contributed by atoms with E-state index in [0.29, 0.717) is 0 Å². The normalized spacial score (nSPS) is 18.0. The first-order valence-electron chi connectivity index (χ1n) is 7.22. The lowest BCUT2D eigenvalue weighted by molar-refractivity contribution is -0.126. The van der Waals surface area contributed by atoms with E-state index in [9.17, 15) is 4.79 Å². The van der Waals surface area contributed by atoms with E-state index in [1.165, 1.54) is 11.1 Å². The highest BCUT2D eigenvalue weighted by atomic mass is 16.1. The minimum absolute atomic E-state index is 0.195. The Kier molecular flexibility index (Phi) is 4.97. The summed E-state index contributed by atoms with van der Waals surface area (Å²) in [6.45, 7) is 6.14. The Labute approximate surface area is 115 Å². The van der Waals surface area contributed by atoms with E-state index in [1.807, 2.05) is 0 Å². The van der Waals surface area contributed by atoms with Gasteiger partial charge in [-0.15, -0.1) is 0 Å². The summed E-state index contributed by atoms with van der Waals surface area (Å²) in [7, 11) is 0. The van der Waals surface area contributed by atoms with Gasteiger partial charge in [0.1, 0.15) is 0 Å². The highest BCUT2D eigenvalue weighted by Crippen LogP contribution is 2.13. The van der Waals surface area contributed by atoms with Crippen molar-refractivity contribution in [3.05, 3.63) is 35.4 Å². The van der Waals surface area contributed by atoms with Gasteiger partial charge < -0.3 is 10.6 Å². The zero-order valence-corrected chi connectivity index (χ0v) is 11.9. The van der Waals surface area contributed by atoms with Gasteiger partial charge in [-0.1, -0.05) is 24.3 Å². The van der Waals surface area contributed by atoms with Gasteiger partial charge in [-0.25, -0.2) is 0 Å². The van der Waals surface area contributed by atoms with Crippen molar-refractivity contribution in [1.82, 2.24) is 10.6 Å². The fourth-order valence-electron chi connectivity index (χ4n) is 2.66. The summed E-state index contributed by atoms with van der Waals surface area (Å²) >= 11 is 0. The second kappa shape index (κ2) is 6.71. The Morgan fingerprint density at radius 3 is 2.74 bits per heavy atom. The molecule has 1 aromatic carbocycles. The second-order valence-corrected chi connectivity index (χ2v) is 5.56. The monoisotopic (exact) mass is 260 g/mol. The quantitative estimate of drug-likeness (QED) is 0.870. The topological polar surface area (TPSA) is 41.1 Å². The highest BCUT2D eigenvalue weighted by Gasteiger charge is 2.22. The summed E-state index contributed by atoms with van der Waals surface area (Å²) in [5, 5.41) is 6.45. The molecule has 1 heterocycles. The van der Waals surface area contributed by atoms with Crippen LogP contribution < -0.4 is 10.6 Å². The predicted molar refractivity (Wildman–Crippen MR) is 78.1 cm³/mol. The fourth-order valence-corrected chi connectivity index (χ4v) is 2.66. The maximum atomic E-state index is 12.1. The molecule has 1 aliphatic heterocycles. The van der Waals surface area contributed by atoms with Crippen molar-refractivity contribution in [2.45, 2.75) is 39.2 Å². The average Bonchev–Trinajstić information content (AvgIpc) is 2.42. The third kappa shape index (κ3) is 4.06. The molecule has 1 fully saturated rings. The molecule has 0 aromatic heterocycles. The summed E-state index contributed by atoms with van der Waals surface area (Å²) in [5.74, 6) is 0.420. The van der Waals surface area contributed by atoms with Gasteiger partial charge in [0.05, 0.1) is 0 Å². The molecule has 2 N–H and O–H groups in total. The van der Waals surface area contributed by atoms with E-state index in [-0.39, 0.29) is 17.9 Å². The molecule has 0 aliphatic carbocycles. The molecular formula is C16H24N2O. The Balaban J connectivity index is 1.85. The van der Waals surface area contributed by atoms with Crippen LogP contribution in [0.4, 0.5) is 0 Å². The van der Waals surface area contributed by atoms with Gasteiger partial charge in [0.15, 0.2) is 0 Å². The second-order valence-electron chi connectivity index (χ2n) is 5.56. The van der Waals surface area contributed by atoms with Crippen molar-refractivity contribution >= 4 is 5.91 Å². The molecular weight excluding hydrogens is 236 g/mol. The van der Waals surface area contributed by atoms with Crippen LogP contribution in [0.2, 0.25) is 0 Å². The molecule has 1 saturated heterocycles. The Morgan fingerprint density at radius 1 is 1.37 bits per heavy atom. The SMILES string of the molecule is Cc1ccccc1CC(C)NC(=O)C1CCNCC1. The number of rotatable bonds is 4. The van der Waals surface area contributed by atoms with Gasteiger partial charge in [-0.2, -0.15) is 0 Å². The molecule has 104 valence electrons. The van der Waals surface area contributed by atoms with E-state index >= 15 is 0 Å². The minimum atomic E-state index is 0.195. The number of nitrogens with one attached hydrogen (secondary N) is 2. The first-order chi connectivity index (χ1) is 9.16. The smallest absolute Gasteiger partial charge is 0.223 e. The van der Waals surface area contributed by atoms with E-state index in [1.54, 1.807) is 0 Å². The van der Waals surface area contributed by atoms with Crippen molar-refractivity contribution in [1.29, 1.82) is 0 Å². The van der Waals surface area contributed by atoms with Crippen LogP contribution >= 0.6 is 0 Å². The third-order valence-corrected chi connectivity index (χ3v) is 3.89. The summed E-state index contributed by atoms with van der Waals surface area (Å²) in [5.41, 5.74) is 2.62. The van der Waals surface area contributed by atoms with Gasteiger partial charge in [0.2, 0.25) is 5.91 Å². The van der Waals surface area contributed by atoms with E-state index in [0.717, 1.165) is 32.4 Å². The summed E-state index contributed by atoms with van der Waals surface area (Å²) in [6.07, 6.45) is 2.83. The van der Waals surface area contributed by atoms with Crippen molar-refractivity contribution < 1.29 is 4.79 Å². The largest absolute Gasteiger partial charge is 0.353 e. The molecule has 0 radical (unpaired) electrons. The van der Waals surface area contributed by atoms with E-state index < -0.39 is 0 Å². The van der Waals surface area contributed by atoms with Crippen LogP contribution in [0, 0.1) is 12.8 Å². The highest BCUT2D eigenvalue weighted by molar-refractivity contribution is 5.79. The Morgan fingerprint density at radius 2 is 2.05 bits per heavy atom. The maximum Gasteiger partial charge on any atom is 0.223 e. The van der Waals surface area contributed by atoms with Crippen LogP contribution in [-0.4, -0.2) is 25.0 Å². The molecule has 19 heavy (non-hydrogen) atoms. The fraction of sp³-hybridized carbons (Fsp3) is 0.562. The number of benzene rings is 1. The average molecular weight is 260 g/mol. The lowest BCUT2D eigenvalue weighted by atomic mass is 9.96. The lowest BCUT2D eigenvalue weighted by Gasteiger charge is -2.24. The standard InChI is InChI=1S/C16H24N2O/c1-12-5-3-4-6-15(12)11-13(2)18-16(19)14-7-9-17-10-8-14/h3-6,13-14,17H,7-11H2,1-2H3,(H,18,19). The van der Waals surface area contributed by atoms with Crippen LogP contribution in [0.3, 0.4) is 0 Å². The molecule has 3 nitrogen and oxygen atoms in total. The number of carbonyl (C=O) groups is 1. The molecule has 0 bridgehead atoms. The first kappa shape index (κ1) is 14.1. The minimum Gasteiger partial charge on any atom is -0.353 e.